The number of aryl methyl sites for hydroxylation is 2. The number of nitrogens with zero attached hydrogens (tertiary/aromatic N) is 2. The van der Waals surface area contributed by atoms with E-state index in [1.54, 1.807) is 18.0 Å². The lowest BCUT2D eigenvalue weighted by molar-refractivity contribution is 0.209. The first-order chi connectivity index (χ1) is 8.13. The molecule has 1 aromatic heterocycles. The number of methoxy groups -OCH3 is 1. The van der Waals surface area contributed by atoms with Crippen LogP contribution in [-0.2, 0) is 7.05 Å². The fraction of sp³-hybridized carbons (Fsp3) is 0.308. The van der Waals surface area contributed by atoms with Gasteiger partial charge in [0.05, 0.1) is 12.8 Å². The van der Waals surface area contributed by atoms with Crippen LogP contribution in [0.1, 0.15) is 22.9 Å². The predicted molar refractivity (Wildman–Crippen MR) is 65.0 cm³/mol. The average molecular weight is 232 g/mol. The number of aliphatic hydroxyl groups is 1. The van der Waals surface area contributed by atoms with E-state index in [9.17, 15) is 5.11 Å². The van der Waals surface area contributed by atoms with Gasteiger partial charge in [-0.25, -0.2) is 0 Å². The maximum Gasteiger partial charge on any atom is 0.121 e. The smallest absolute Gasteiger partial charge is 0.121 e. The highest BCUT2D eigenvalue weighted by molar-refractivity contribution is 5.38. The van der Waals surface area contributed by atoms with Crippen molar-refractivity contribution in [1.82, 2.24) is 9.78 Å². The Morgan fingerprint density at radius 1 is 1.35 bits per heavy atom. The normalized spacial score (nSPS) is 12.5. The highest BCUT2D eigenvalue weighted by Gasteiger charge is 2.14. The molecule has 90 valence electrons. The van der Waals surface area contributed by atoms with Crippen molar-refractivity contribution in [2.24, 2.45) is 7.05 Å². The maximum absolute atomic E-state index is 10.2. The van der Waals surface area contributed by atoms with E-state index in [-0.39, 0.29) is 0 Å². The summed E-state index contributed by atoms with van der Waals surface area (Å²) in [7, 11) is 3.45. The van der Waals surface area contributed by atoms with Gasteiger partial charge in [-0.3, -0.25) is 4.68 Å². The minimum Gasteiger partial charge on any atom is -0.496 e. The van der Waals surface area contributed by atoms with Crippen LogP contribution in [0, 0.1) is 6.92 Å². The Morgan fingerprint density at radius 2 is 2.12 bits per heavy atom. The van der Waals surface area contributed by atoms with Gasteiger partial charge in [0.2, 0.25) is 0 Å². The Morgan fingerprint density at radius 3 is 2.65 bits per heavy atom. The fourth-order valence-electron chi connectivity index (χ4n) is 1.89. The molecule has 2 rings (SSSR count). The number of benzene rings is 1. The summed E-state index contributed by atoms with van der Waals surface area (Å²) in [5.74, 6) is 0.825. The van der Waals surface area contributed by atoms with E-state index in [2.05, 4.69) is 5.10 Å². The van der Waals surface area contributed by atoms with E-state index in [1.165, 1.54) is 0 Å². The number of aliphatic hydroxyl groups excluding tert-OH is 1. The second-order valence-electron chi connectivity index (χ2n) is 4.01. The van der Waals surface area contributed by atoms with Crippen LogP contribution in [0.5, 0.6) is 5.75 Å². The first kappa shape index (κ1) is 11.7. The van der Waals surface area contributed by atoms with Crippen LogP contribution in [0.25, 0.3) is 0 Å². The van der Waals surface area contributed by atoms with Crippen LogP contribution < -0.4 is 4.74 Å². The Balaban J connectivity index is 2.35. The van der Waals surface area contributed by atoms with E-state index < -0.39 is 6.10 Å². The molecule has 1 N–H and O–H groups in total. The van der Waals surface area contributed by atoms with Crippen molar-refractivity contribution in [1.29, 1.82) is 0 Å². The lowest BCUT2D eigenvalue weighted by atomic mass is 10.0. The van der Waals surface area contributed by atoms with Crippen molar-refractivity contribution >= 4 is 0 Å². The highest BCUT2D eigenvalue weighted by Crippen LogP contribution is 2.26. The fourth-order valence-corrected chi connectivity index (χ4v) is 1.89. The van der Waals surface area contributed by atoms with Crippen LogP contribution in [0.2, 0.25) is 0 Å². The molecule has 1 aromatic carbocycles. The molecule has 0 saturated heterocycles. The molecule has 0 spiro atoms. The Hall–Kier alpha value is -1.81. The molecule has 0 aliphatic heterocycles. The van der Waals surface area contributed by atoms with Gasteiger partial charge in [-0.15, -0.1) is 0 Å². The van der Waals surface area contributed by atoms with Gasteiger partial charge in [-0.05, 0) is 36.2 Å². The molecule has 4 heteroatoms. The van der Waals surface area contributed by atoms with Gasteiger partial charge in [-0.1, -0.05) is 6.07 Å². The molecule has 0 aliphatic carbocycles. The molecule has 0 aliphatic rings. The molecule has 0 radical (unpaired) electrons. The van der Waals surface area contributed by atoms with Crippen LogP contribution >= 0.6 is 0 Å². The Labute approximate surface area is 100 Å². The van der Waals surface area contributed by atoms with Gasteiger partial charge >= 0.3 is 0 Å². The van der Waals surface area contributed by atoms with E-state index in [0.29, 0.717) is 0 Å². The maximum atomic E-state index is 10.2. The van der Waals surface area contributed by atoms with Crippen molar-refractivity contribution in [3.8, 4) is 5.75 Å². The minimum absolute atomic E-state index is 0.660. The van der Waals surface area contributed by atoms with Crippen molar-refractivity contribution in [3.05, 3.63) is 47.3 Å². The zero-order chi connectivity index (χ0) is 12.4. The number of hydrogen-bond donors (Lipinski definition) is 1. The third kappa shape index (κ3) is 2.17. The molecule has 17 heavy (non-hydrogen) atoms. The standard InChI is InChI=1S/C13H16N2O2/c1-9-8-10(4-5-12(9)17-3)13(16)11-6-7-14-15(11)2/h4-8,13,16H,1-3H3. The summed E-state index contributed by atoms with van der Waals surface area (Å²) in [5.41, 5.74) is 2.62. The van der Waals surface area contributed by atoms with Gasteiger partial charge in [0.1, 0.15) is 11.9 Å². The zero-order valence-corrected chi connectivity index (χ0v) is 10.2. The molecule has 2 aromatic rings. The molecule has 1 heterocycles. The second-order valence-corrected chi connectivity index (χ2v) is 4.01. The molecule has 1 unspecified atom stereocenters. The molecular weight excluding hydrogens is 216 g/mol. The summed E-state index contributed by atoms with van der Waals surface area (Å²) in [6.07, 6.45) is 1.02. The topological polar surface area (TPSA) is 47.3 Å². The SMILES string of the molecule is COc1ccc(C(O)c2ccnn2C)cc1C. The number of ether oxygens (including phenoxy) is 1. The van der Waals surface area contributed by atoms with Crippen molar-refractivity contribution in [2.75, 3.05) is 7.11 Å². The number of rotatable bonds is 3. The third-order valence-corrected chi connectivity index (χ3v) is 2.87. The van der Waals surface area contributed by atoms with E-state index >= 15 is 0 Å². The van der Waals surface area contributed by atoms with Gasteiger partial charge in [0.15, 0.2) is 0 Å². The average Bonchev–Trinajstić information content (AvgIpc) is 2.74. The molecule has 0 fully saturated rings. The van der Waals surface area contributed by atoms with Crippen molar-refractivity contribution in [2.45, 2.75) is 13.0 Å². The minimum atomic E-state index is -0.660. The van der Waals surface area contributed by atoms with Crippen molar-refractivity contribution in [3.63, 3.8) is 0 Å². The van der Waals surface area contributed by atoms with E-state index in [1.807, 2.05) is 38.2 Å². The van der Waals surface area contributed by atoms with E-state index in [4.69, 9.17) is 4.74 Å². The summed E-state index contributed by atoms with van der Waals surface area (Å²) in [6, 6.07) is 7.47. The van der Waals surface area contributed by atoms with Gasteiger partial charge in [-0.2, -0.15) is 5.10 Å². The lowest BCUT2D eigenvalue weighted by Gasteiger charge is -2.13. The molecule has 4 nitrogen and oxygen atoms in total. The third-order valence-electron chi connectivity index (χ3n) is 2.87. The molecular formula is C13H16N2O2. The zero-order valence-electron chi connectivity index (χ0n) is 10.2. The largest absolute Gasteiger partial charge is 0.496 e. The number of aromatic nitrogens is 2. The molecule has 0 bridgehead atoms. The summed E-state index contributed by atoms with van der Waals surface area (Å²) in [6.45, 7) is 1.96. The monoisotopic (exact) mass is 232 g/mol. The van der Waals surface area contributed by atoms with Gasteiger partial charge < -0.3 is 9.84 Å². The number of hydrogen-bond acceptors (Lipinski definition) is 3. The molecule has 0 amide bonds. The summed E-state index contributed by atoms with van der Waals surface area (Å²) in [5, 5.41) is 14.3. The molecule has 0 saturated carbocycles. The quantitative estimate of drug-likeness (QED) is 0.878. The van der Waals surface area contributed by atoms with Crippen molar-refractivity contribution < 1.29 is 9.84 Å². The van der Waals surface area contributed by atoms with Crippen LogP contribution in [0.4, 0.5) is 0 Å². The Kier molecular flexibility index (Phi) is 3.15. The summed E-state index contributed by atoms with van der Waals surface area (Å²) < 4.78 is 6.87. The van der Waals surface area contributed by atoms with Gasteiger partial charge in [0, 0.05) is 13.2 Å². The van der Waals surface area contributed by atoms with Crippen LogP contribution in [0.3, 0.4) is 0 Å². The molecule has 1 atom stereocenters. The summed E-state index contributed by atoms with van der Waals surface area (Å²) in [4.78, 5) is 0. The van der Waals surface area contributed by atoms with Gasteiger partial charge in [0.25, 0.3) is 0 Å². The second kappa shape index (κ2) is 4.59. The lowest BCUT2D eigenvalue weighted by Crippen LogP contribution is -2.06. The summed E-state index contributed by atoms with van der Waals surface area (Å²) >= 11 is 0. The first-order valence-corrected chi connectivity index (χ1v) is 5.44. The predicted octanol–water partition coefficient (Wildman–Crippen LogP) is 1.82. The van der Waals surface area contributed by atoms with E-state index in [0.717, 1.165) is 22.6 Å². The highest BCUT2D eigenvalue weighted by atomic mass is 16.5. The van der Waals surface area contributed by atoms with Crippen LogP contribution in [0.15, 0.2) is 30.5 Å². The first-order valence-electron chi connectivity index (χ1n) is 5.44. The Bertz CT molecular complexity index is 520. The van der Waals surface area contributed by atoms with Crippen LogP contribution in [-0.4, -0.2) is 22.0 Å².